The first-order valence-electron chi connectivity index (χ1n) is 5.66. The molecule has 0 radical (unpaired) electrons. The third-order valence-electron chi connectivity index (χ3n) is 2.15. The summed E-state index contributed by atoms with van der Waals surface area (Å²) in [6.45, 7) is 9.45. The highest BCUT2D eigenvalue weighted by Gasteiger charge is 2.22. The average molecular weight is 322 g/mol. The standard InChI is InChI=1S/C12H18BrClN2O/c1-5-6-17-7-8-15-10(12(2,3)4)9(13)11(14)16-8/h5-7H2,1-4H3. The summed E-state index contributed by atoms with van der Waals surface area (Å²) in [5.41, 5.74) is 0.831. The van der Waals surface area contributed by atoms with Crippen LogP contribution in [0.4, 0.5) is 0 Å². The number of hydrogen-bond acceptors (Lipinski definition) is 3. The first-order chi connectivity index (χ1) is 7.86. The zero-order valence-electron chi connectivity index (χ0n) is 10.7. The molecule has 0 saturated heterocycles. The highest BCUT2D eigenvalue weighted by molar-refractivity contribution is 9.10. The molecule has 0 aliphatic heterocycles. The van der Waals surface area contributed by atoms with Crippen molar-refractivity contribution in [3.8, 4) is 0 Å². The molecule has 0 fully saturated rings. The molecule has 5 heteroatoms. The van der Waals surface area contributed by atoms with Gasteiger partial charge in [0.1, 0.15) is 11.8 Å². The molecule has 0 bridgehead atoms. The number of aromatic nitrogens is 2. The molecule has 1 heterocycles. The SMILES string of the molecule is CCCOCc1nc(Cl)c(Br)c(C(C)(C)C)n1. The lowest BCUT2D eigenvalue weighted by Crippen LogP contribution is -2.17. The number of rotatable bonds is 4. The van der Waals surface area contributed by atoms with Crippen molar-refractivity contribution in [1.29, 1.82) is 0 Å². The lowest BCUT2D eigenvalue weighted by Gasteiger charge is -2.20. The predicted molar refractivity (Wildman–Crippen MR) is 73.4 cm³/mol. The topological polar surface area (TPSA) is 35.0 Å². The molecular formula is C12H18BrClN2O. The zero-order chi connectivity index (χ0) is 13.1. The highest BCUT2D eigenvalue weighted by Crippen LogP contribution is 2.32. The van der Waals surface area contributed by atoms with Crippen LogP contribution in [0.5, 0.6) is 0 Å². The van der Waals surface area contributed by atoms with Crippen LogP contribution in [0, 0.1) is 0 Å². The van der Waals surface area contributed by atoms with Gasteiger partial charge in [0.2, 0.25) is 0 Å². The Kier molecular flexibility index (Phi) is 5.35. The summed E-state index contributed by atoms with van der Waals surface area (Å²) in [7, 11) is 0. The van der Waals surface area contributed by atoms with Crippen molar-refractivity contribution in [3.63, 3.8) is 0 Å². The van der Waals surface area contributed by atoms with E-state index in [9.17, 15) is 0 Å². The summed E-state index contributed by atoms with van der Waals surface area (Å²) in [6.07, 6.45) is 0.983. The summed E-state index contributed by atoms with van der Waals surface area (Å²) in [5, 5.41) is 0.444. The second-order valence-corrected chi connectivity index (χ2v) is 6.05. The smallest absolute Gasteiger partial charge is 0.156 e. The van der Waals surface area contributed by atoms with E-state index in [2.05, 4.69) is 53.6 Å². The van der Waals surface area contributed by atoms with Crippen LogP contribution in [-0.2, 0) is 16.8 Å². The van der Waals surface area contributed by atoms with Gasteiger partial charge in [-0.15, -0.1) is 0 Å². The normalized spacial score (nSPS) is 11.9. The van der Waals surface area contributed by atoms with Gasteiger partial charge in [-0.25, -0.2) is 9.97 Å². The summed E-state index contributed by atoms with van der Waals surface area (Å²) in [6, 6.07) is 0. The highest BCUT2D eigenvalue weighted by atomic mass is 79.9. The fourth-order valence-corrected chi connectivity index (χ4v) is 2.29. The van der Waals surface area contributed by atoms with Gasteiger partial charge >= 0.3 is 0 Å². The van der Waals surface area contributed by atoms with Crippen LogP contribution in [0.1, 0.15) is 45.6 Å². The fraction of sp³-hybridized carbons (Fsp3) is 0.667. The van der Waals surface area contributed by atoms with Crippen LogP contribution in [0.3, 0.4) is 0 Å². The number of nitrogens with zero attached hydrogens (tertiary/aromatic N) is 2. The van der Waals surface area contributed by atoms with E-state index in [4.69, 9.17) is 16.3 Å². The van der Waals surface area contributed by atoms with Crippen molar-refractivity contribution in [3.05, 3.63) is 21.1 Å². The van der Waals surface area contributed by atoms with E-state index >= 15 is 0 Å². The maximum absolute atomic E-state index is 6.08. The molecule has 96 valence electrons. The molecule has 17 heavy (non-hydrogen) atoms. The van der Waals surface area contributed by atoms with Crippen molar-refractivity contribution in [1.82, 2.24) is 9.97 Å². The second-order valence-electron chi connectivity index (χ2n) is 4.90. The van der Waals surface area contributed by atoms with Crippen molar-refractivity contribution >= 4 is 27.5 Å². The van der Waals surface area contributed by atoms with E-state index in [1.165, 1.54) is 0 Å². The van der Waals surface area contributed by atoms with Gasteiger partial charge in [0, 0.05) is 12.0 Å². The van der Waals surface area contributed by atoms with Crippen molar-refractivity contribution in [2.24, 2.45) is 0 Å². The molecule has 0 unspecified atom stereocenters. The van der Waals surface area contributed by atoms with E-state index < -0.39 is 0 Å². The van der Waals surface area contributed by atoms with Gasteiger partial charge in [0.25, 0.3) is 0 Å². The Labute approximate surface area is 116 Å². The molecule has 0 saturated carbocycles. The third-order valence-corrected chi connectivity index (χ3v) is 3.40. The van der Waals surface area contributed by atoms with Crippen LogP contribution >= 0.6 is 27.5 Å². The van der Waals surface area contributed by atoms with Gasteiger partial charge in [-0.05, 0) is 22.4 Å². The summed E-state index contributed by atoms with van der Waals surface area (Å²) >= 11 is 9.52. The third kappa shape index (κ3) is 4.19. The maximum Gasteiger partial charge on any atom is 0.156 e. The molecule has 0 amide bonds. The minimum Gasteiger partial charge on any atom is -0.373 e. The van der Waals surface area contributed by atoms with E-state index in [-0.39, 0.29) is 5.41 Å². The van der Waals surface area contributed by atoms with Crippen LogP contribution in [0.2, 0.25) is 5.15 Å². The molecule has 3 nitrogen and oxygen atoms in total. The quantitative estimate of drug-likeness (QED) is 0.618. The molecular weight excluding hydrogens is 304 g/mol. The van der Waals surface area contributed by atoms with Gasteiger partial charge in [0.05, 0.1) is 10.2 Å². The van der Waals surface area contributed by atoms with Crippen LogP contribution in [0.25, 0.3) is 0 Å². The first kappa shape index (κ1) is 14.9. The lowest BCUT2D eigenvalue weighted by molar-refractivity contribution is 0.115. The molecule has 1 aromatic heterocycles. The molecule has 0 atom stereocenters. The largest absolute Gasteiger partial charge is 0.373 e. The van der Waals surface area contributed by atoms with Crippen molar-refractivity contribution < 1.29 is 4.74 Å². The Hall–Kier alpha value is -0.190. The van der Waals surface area contributed by atoms with Gasteiger partial charge in [-0.1, -0.05) is 39.3 Å². The molecule has 0 aliphatic carbocycles. The van der Waals surface area contributed by atoms with E-state index in [1.54, 1.807) is 0 Å². The Bertz CT molecular complexity index is 391. The number of ether oxygens (including phenoxy) is 1. The molecule has 1 aromatic rings. The minimum atomic E-state index is -0.0785. The predicted octanol–water partition coefficient (Wildman–Crippen LogP) is 4.12. The van der Waals surface area contributed by atoms with E-state index in [1.807, 2.05) is 0 Å². The molecule has 0 spiro atoms. The Morgan fingerprint density at radius 3 is 2.47 bits per heavy atom. The molecule has 1 rings (SSSR count). The zero-order valence-corrected chi connectivity index (χ0v) is 13.0. The molecule has 0 aromatic carbocycles. The van der Waals surface area contributed by atoms with Gasteiger partial charge < -0.3 is 4.74 Å². The lowest BCUT2D eigenvalue weighted by atomic mass is 9.92. The summed E-state index contributed by atoms with van der Waals surface area (Å²) < 4.78 is 6.20. The van der Waals surface area contributed by atoms with Crippen LogP contribution < -0.4 is 0 Å². The number of halogens is 2. The van der Waals surface area contributed by atoms with Gasteiger partial charge in [0.15, 0.2) is 5.82 Å². The van der Waals surface area contributed by atoms with Crippen LogP contribution in [-0.4, -0.2) is 16.6 Å². The fourth-order valence-electron chi connectivity index (χ4n) is 1.33. The maximum atomic E-state index is 6.08. The summed E-state index contributed by atoms with van der Waals surface area (Å²) in [4.78, 5) is 8.71. The second kappa shape index (κ2) is 6.12. The van der Waals surface area contributed by atoms with Crippen molar-refractivity contribution in [2.45, 2.75) is 46.1 Å². The average Bonchev–Trinajstić information content (AvgIpc) is 2.21. The minimum absolute atomic E-state index is 0.0785. The van der Waals surface area contributed by atoms with E-state index in [0.717, 1.165) is 16.6 Å². The monoisotopic (exact) mass is 320 g/mol. The Morgan fingerprint density at radius 1 is 1.29 bits per heavy atom. The Morgan fingerprint density at radius 2 is 1.94 bits per heavy atom. The first-order valence-corrected chi connectivity index (χ1v) is 6.83. The van der Waals surface area contributed by atoms with Crippen molar-refractivity contribution in [2.75, 3.05) is 6.61 Å². The Balaban J connectivity index is 2.98. The molecule has 0 N–H and O–H groups in total. The van der Waals surface area contributed by atoms with E-state index in [0.29, 0.717) is 24.2 Å². The van der Waals surface area contributed by atoms with Crippen LogP contribution in [0.15, 0.2) is 4.47 Å². The summed E-state index contributed by atoms with van der Waals surface area (Å²) in [5.74, 6) is 0.636. The van der Waals surface area contributed by atoms with Gasteiger partial charge in [-0.3, -0.25) is 0 Å². The van der Waals surface area contributed by atoms with Gasteiger partial charge in [-0.2, -0.15) is 0 Å². The number of hydrogen-bond donors (Lipinski definition) is 0. The molecule has 0 aliphatic rings.